The Labute approximate surface area is 166 Å². The number of amides is 1. The fourth-order valence-corrected chi connectivity index (χ4v) is 5.12. The highest BCUT2D eigenvalue weighted by atomic mass is 127. The van der Waals surface area contributed by atoms with Crippen LogP contribution in [-0.4, -0.2) is 38.8 Å². The van der Waals surface area contributed by atoms with Crippen molar-refractivity contribution >= 4 is 44.2 Å². The molecule has 138 valence electrons. The predicted octanol–water partition coefficient (Wildman–Crippen LogP) is 3.34. The summed E-state index contributed by atoms with van der Waals surface area (Å²) in [4.78, 5) is 12.7. The van der Waals surface area contributed by atoms with E-state index in [1.54, 1.807) is 43.5 Å². The number of carbonyl (C=O) groups excluding carboxylic acids is 1. The van der Waals surface area contributed by atoms with Crippen molar-refractivity contribution < 1.29 is 17.9 Å². The van der Waals surface area contributed by atoms with E-state index in [9.17, 15) is 13.2 Å². The molecule has 3 rings (SSSR count). The molecule has 0 spiro atoms. The molecule has 0 saturated carbocycles. The third kappa shape index (κ3) is 4.02. The minimum Gasteiger partial charge on any atom is -0.496 e. The van der Waals surface area contributed by atoms with Crippen molar-refractivity contribution in [1.82, 2.24) is 4.31 Å². The lowest BCUT2D eigenvalue weighted by molar-refractivity contribution is 0.102. The van der Waals surface area contributed by atoms with Crippen LogP contribution in [0.25, 0.3) is 0 Å². The minimum atomic E-state index is -3.51. The molecule has 0 bridgehead atoms. The first kappa shape index (κ1) is 19.1. The Kier molecular flexibility index (Phi) is 5.83. The average Bonchev–Trinajstić information content (AvgIpc) is 3.17. The predicted molar refractivity (Wildman–Crippen MR) is 108 cm³/mol. The molecular formula is C18H19IN2O4S. The summed E-state index contributed by atoms with van der Waals surface area (Å²) in [7, 11) is -1.94. The van der Waals surface area contributed by atoms with Crippen molar-refractivity contribution in [3.8, 4) is 5.75 Å². The summed E-state index contributed by atoms with van der Waals surface area (Å²) < 4.78 is 32.8. The topological polar surface area (TPSA) is 75.7 Å². The van der Waals surface area contributed by atoms with E-state index >= 15 is 0 Å². The third-order valence-electron chi connectivity index (χ3n) is 4.21. The summed E-state index contributed by atoms with van der Waals surface area (Å²) >= 11 is 2.10. The van der Waals surface area contributed by atoms with Gasteiger partial charge in [-0.15, -0.1) is 0 Å². The van der Waals surface area contributed by atoms with Crippen LogP contribution in [0.5, 0.6) is 5.75 Å². The van der Waals surface area contributed by atoms with Gasteiger partial charge in [-0.2, -0.15) is 4.31 Å². The fourth-order valence-electron chi connectivity index (χ4n) is 2.82. The SMILES string of the molecule is COc1ccc(C(=O)Nc2cccc(S(=O)(=O)N3CCCC3)c2)cc1I. The van der Waals surface area contributed by atoms with Crippen LogP contribution in [0.1, 0.15) is 23.2 Å². The summed E-state index contributed by atoms with van der Waals surface area (Å²) in [5, 5.41) is 2.76. The number of rotatable bonds is 5. The number of carbonyl (C=O) groups is 1. The summed E-state index contributed by atoms with van der Waals surface area (Å²) in [6.45, 7) is 1.09. The molecule has 1 amide bonds. The molecule has 6 nitrogen and oxygen atoms in total. The fraction of sp³-hybridized carbons (Fsp3) is 0.278. The number of nitrogens with zero attached hydrogens (tertiary/aromatic N) is 1. The number of sulfonamides is 1. The maximum atomic E-state index is 12.7. The summed E-state index contributed by atoms with van der Waals surface area (Å²) in [5.41, 5.74) is 0.920. The zero-order chi connectivity index (χ0) is 18.7. The molecule has 1 N–H and O–H groups in total. The molecule has 0 atom stereocenters. The second-order valence-electron chi connectivity index (χ2n) is 5.94. The van der Waals surface area contributed by atoms with E-state index in [0.29, 0.717) is 30.1 Å². The van der Waals surface area contributed by atoms with E-state index < -0.39 is 10.0 Å². The lowest BCUT2D eigenvalue weighted by Crippen LogP contribution is -2.27. The Morgan fingerprint density at radius 2 is 1.88 bits per heavy atom. The van der Waals surface area contributed by atoms with E-state index in [4.69, 9.17) is 4.74 Å². The average molecular weight is 486 g/mol. The van der Waals surface area contributed by atoms with Crippen molar-refractivity contribution in [3.05, 3.63) is 51.6 Å². The van der Waals surface area contributed by atoms with Crippen LogP contribution in [0.3, 0.4) is 0 Å². The first-order valence-corrected chi connectivity index (χ1v) is 10.7. The van der Waals surface area contributed by atoms with Crippen molar-refractivity contribution in [2.24, 2.45) is 0 Å². The number of benzene rings is 2. The van der Waals surface area contributed by atoms with E-state index in [1.807, 2.05) is 0 Å². The number of ether oxygens (including phenoxy) is 1. The van der Waals surface area contributed by atoms with Gasteiger partial charge in [0.15, 0.2) is 0 Å². The van der Waals surface area contributed by atoms with Crippen LogP contribution in [0.4, 0.5) is 5.69 Å². The molecule has 0 aliphatic carbocycles. The largest absolute Gasteiger partial charge is 0.496 e. The highest BCUT2D eigenvalue weighted by Crippen LogP contribution is 2.25. The normalized spacial score (nSPS) is 15.0. The van der Waals surface area contributed by atoms with Crippen molar-refractivity contribution in [1.29, 1.82) is 0 Å². The molecule has 0 unspecified atom stereocenters. The standard InChI is InChI=1S/C18H19IN2O4S/c1-25-17-8-7-13(11-16(17)19)18(22)20-14-5-4-6-15(12-14)26(23,24)21-9-2-3-10-21/h4-8,11-12H,2-3,9-10H2,1H3,(H,20,22). The number of halogens is 1. The van der Waals surface area contributed by atoms with Crippen LogP contribution < -0.4 is 10.1 Å². The molecule has 8 heteroatoms. The van der Waals surface area contributed by atoms with Gasteiger partial charge < -0.3 is 10.1 Å². The number of hydrogen-bond acceptors (Lipinski definition) is 4. The van der Waals surface area contributed by atoms with Crippen LogP contribution in [0.2, 0.25) is 0 Å². The van der Waals surface area contributed by atoms with Gasteiger partial charge in [0.25, 0.3) is 5.91 Å². The monoisotopic (exact) mass is 486 g/mol. The van der Waals surface area contributed by atoms with Crippen LogP contribution >= 0.6 is 22.6 Å². The molecule has 2 aromatic rings. The number of methoxy groups -OCH3 is 1. The van der Waals surface area contributed by atoms with Gasteiger partial charge >= 0.3 is 0 Å². The van der Waals surface area contributed by atoms with Crippen molar-refractivity contribution in [2.45, 2.75) is 17.7 Å². The van der Waals surface area contributed by atoms with Gasteiger partial charge in [0.2, 0.25) is 10.0 Å². The van der Waals surface area contributed by atoms with Crippen LogP contribution in [0.15, 0.2) is 47.4 Å². The van der Waals surface area contributed by atoms with Gasteiger partial charge in [0.05, 0.1) is 15.6 Å². The van der Waals surface area contributed by atoms with Gasteiger partial charge in [-0.1, -0.05) is 6.07 Å². The van der Waals surface area contributed by atoms with Gasteiger partial charge in [0, 0.05) is 24.3 Å². The van der Waals surface area contributed by atoms with Crippen LogP contribution in [0, 0.1) is 3.57 Å². The number of nitrogens with one attached hydrogen (secondary N) is 1. The highest BCUT2D eigenvalue weighted by Gasteiger charge is 2.27. The smallest absolute Gasteiger partial charge is 0.255 e. The summed E-state index contributed by atoms with van der Waals surface area (Å²) in [6.07, 6.45) is 1.76. The molecule has 0 aromatic heterocycles. The second kappa shape index (κ2) is 7.93. The van der Waals surface area contributed by atoms with Gasteiger partial charge in [-0.05, 0) is 71.8 Å². The van der Waals surface area contributed by atoms with Gasteiger partial charge in [-0.25, -0.2) is 8.42 Å². The zero-order valence-corrected chi connectivity index (χ0v) is 17.2. The van der Waals surface area contributed by atoms with E-state index in [-0.39, 0.29) is 10.8 Å². The van der Waals surface area contributed by atoms with E-state index in [1.165, 1.54) is 10.4 Å². The Balaban J connectivity index is 1.80. The number of anilines is 1. The molecule has 1 saturated heterocycles. The lowest BCUT2D eigenvalue weighted by atomic mass is 10.2. The first-order valence-electron chi connectivity index (χ1n) is 8.17. The Bertz CT molecular complexity index is 925. The minimum absolute atomic E-state index is 0.196. The molecule has 1 heterocycles. The maximum Gasteiger partial charge on any atom is 0.255 e. The molecule has 2 aromatic carbocycles. The van der Waals surface area contributed by atoms with Crippen LogP contribution in [-0.2, 0) is 10.0 Å². The molecule has 1 aliphatic heterocycles. The van der Waals surface area contributed by atoms with Gasteiger partial charge in [0.1, 0.15) is 5.75 Å². The third-order valence-corrected chi connectivity index (χ3v) is 6.95. The molecule has 0 radical (unpaired) electrons. The Morgan fingerprint density at radius 1 is 1.15 bits per heavy atom. The first-order chi connectivity index (χ1) is 12.4. The van der Waals surface area contributed by atoms with Crippen molar-refractivity contribution in [3.63, 3.8) is 0 Å². The quantitative estimate of drug-likeness (QED) is 0.659. The van der Waals surface area contributed by atoms with E-state index in [2.05, 4.69) is 27.9 Å². The molecular weight excluding hydrogens is 467 g/mol. The Hall–Kier alpha value is -1.65. The molecule has 1 fully saturated rings. The highest BCUT2D eigenvalue weighted by molar-refractivity contribution is 14.1. The van der Waals surface area contributed by atoms with Gasteiger partial charge in [-0.3, -0.25) is 4.79 Å². The zero-order valence-electron chi connectivity index (χ0n) is 14.2. The summed E-state index contributed by atoms with van der Waals surface area (Å²) in [6, 6.07) is 11.5. The van der Waals surface area contributed by atoms with E-state index in [0.717, 1.165) is 16.4 Å². The number of hydrogen-bond donors (Lipinski definition) is 1. The molecule has 1 aliphatic rings. The maximum absolute atomic E-state index is 12.7. The summed E-state index contributed by atoms with van der Waals surface area (Å²) in [5.74, 6) is 0.391. The lowest BCUT2D eigenvalue weighted by Gasteiger charge is -2.16. The van der Waals surface area contributed by atoms with Crippen molar-refractivity contribution in [2.75, 3.05) is 25.5 Å². The molecule has 26 heavy (non-hydrogen) atoms. The second-order valence-corrected chi connectivity index (χ2v) is 9.04. The Morgan fingerprint density at radius 3 is 2.54 bits per heavy atom.